The van der Waals surface area contributed by atoms with Crippen LogP contribution < -0.4 is 10.5 Å². The van der Waals surface area contributed by atoms with Gasteiger partial charge in [0.15, 0.2) is 0 Å². The van der Waals surface area contributed by atoms with Crippen LogP contribution in [0, 0.1) is 0 Å². The van der Waals surface area contributed by atoms with Gasteiger partial charge in [-0.05, 0) is 6.42 Å². The van der Waals surface area contributed by atoms with Crippen LogP contribution in [0.5, 0.6) is 0 Å². The van der Waals surface area contributed by atoms with E-state index in [0.29, 0.717) is 0 Å². The zero-order chi connectivity index (χ0) is 7.78. The second kappa shape index (κ2) is 2.21. The third-order valence-electron chi connectivity index (χ3n) is 1.34. The largest absolute Gasteiger partial charge is 0.368 e. The molecule has 1 heterocycles. The molecule has 0 aromatic rings. The summed E-state index contributed by atoms with van der Waals surface area (Å²) in [6.45, 7) is 0. The van der Waals surface area contributed by atoms with Crippen molar-refractivity contribution in [2.75, 3.05) is 5.75 Å². The molecular formula is C4H8N2O3S. The van der Waals surface area contributed by atoms with Crippen molar-refractivity contribution >= 4 is 15.9 Å². The maximum atomic E-state index is 10.6. The fourth-order valence-corrected chi connectivity index (χ4v) is 2.14. The van der Waals surface area contributed by atoms with Crippen molar-refractivity contribution in [3.8, 4) is 0 Å². The summed E-state index contributed by atoms with van der Waals surface area (Å²) in [6.07, 6.45) is 0.289. The van der Waals surface area contributed by atoms with E-state index in [0.717, 1.165) is 0 Å². The van der Waals surface area contributed by atoms with E-state index in [1.807, 2.05) is 0 Å². The molecule has 0 aliphatic carbocycles. The first-order valence-electron chi connectivity index (χ1n) is 2.80. The monoisotopic (exact) mass is 164 g/mol. The quantitative estimate of drug-likeness (QED) is 0.477. The Balaban J connectivity index is 2.69. The lowest BCUT2D eigenvalue weighted by atomic mass is 10.2. The maximum Gasteiger partial charge on any atom is 0.235 e. The average molecular weight is 164 g/mol. The molecule has 10 heavy (non-hydrogen) atoms. The normalized spacial score (nSPS) is 30.2. The summed E-state index contributed by atoms with van der Waals surface area (Å²) >= 11 is 0. The van der Waals surface area contributed by atoms with Gasteiger partial charge in [0.1, 0.15) is 6.04 Å². The second-order valence-electron chi connectivity index (χ2n) is 2.18. The van der Waals surface area contributed by atoms with Gasteiger partial charge < -0.3 is 5.73 Å². The van der Waals surface area contributed by atoms with E-state index < -0.39 is 22.0 Å². The van der Waals surface area contributed by atoms with Gasteiger partial charge in [0, 0.05) is 0 Å². The van der Waals surface area contributed by atoms with E-state index in [4.69, 9.17) is 5.73 Å². The van der Waals surface area contributed by atoms with Crippen molar-refractivity contribution < 1.29 is 13.2 Å². The number of nitrogens with two attached hydrogens (primary N) is 1. The van der Waals surface area contributed by atoms with Gasteiger partial charge in [0.05, 0.1) is 5.75 Å². The average Bonchev–Trinajstić information content (AvgIpc) is 2.10. The van der Waals surface area contributed by atoms with Crippen molar-refractivity contribution in [3.63, 3.8) is 0 Å². The van der Waals surface area contributed by atoms with E-state index >= 15 is 0 Å². The van der Waals surface area contributed by atoms with E-state index in [9.17, 15) is 13.2 Å². The molecule has 0 radical (unpaired) electrons. The molecule has 1 unspecified atom stereocenters. The van der Waals surface area contributed by atoms with Crippen molar-refractivity contribution in [1.29, 1.82) is 0 Å². The Morgan fingerprint density at radius 3 is 2.40 bits per heavy atom. The summed E-state index contributed by atoms with van der Waals surface area (Å²) in [6, 6.07) is -0.690. The van der Waals surface area contributed by atoms with Gasteiger partial charge in [0.25, 0.3) is 0 Å². The van der Waals surface area contributed by atoms with Crippen LogP contribution in [-0.2, 0) is 14.8 Å². The number of hydrogen-bond donors (Lipinski definition) is 2. The Bertz CT molecular complexity index is 245. The lowest BCUT2D eigenvalue weighted by Gasteiger charge is -2.00. The molecule has 0 aromatic heterocycles. The summed E-state index contributed by atoms with van der Waals surface area (Å²) < 4.78 is 23.4. The first-order valence-corrected chi connectivity index (χ1v) is 4.46. The summed E-state index contributed by atoms with van der Waals surface area (Å²) in [4.78, 5) is 10.4. The Morgan fingerprint density at radius 1 is 1.60 bits per heavy atom. The summed E-state index contributed by atoms with van der Waals surface area (Å²) in [5.74, 6) is -0.610. The Hall–Kier alpha value is -0.620. The minimum absolute atomic E-state index is 0.000602. The molecule has 1 atom stereocenters. The van der Waals surface area contributed by atoms with Gasteiger partial charge in [-0.15, -0.1) is 0 Å². The van der Waals surface area contributed by atoms with E-state index in [1.165, 1.54) is 0 Å². The topological polar surface area (TPSA) is 89.3 Å². The number of primary amides is 1. The SMILES string of the molecule is NC(=O)C1CCS(=O)(=O)N1. The number of nitrogens with one attached hydrogen (secondary N) is 1. The van der Waals surface area contributed by atoms with Crippen molar-refractivity contribution in [3.05, 3.63) is 0 Å². The van der Waals surface area contributed by atoms with Gasteiger partial charge >= 0.3 is 0 Å². The molecule has 58 valence electrons. The van der Waals surface area contributed by atoms with Crippen LogP contribution in [-0.4, -0.2) is 26.1 Å². The van der Waals surface area contributed by atoms with Gasteiger partial charge in [-0.2, -0.15) is 0 Å². The molecular weight excluding hydrogens is 156 g/mol. The predicted molar refractivity (Wildman–Crippen MR) is 34.5 cm³/mol. The summed E-state index contributed by atoms with van der Waals surface area (Å²) in [7, 11) is -3.19. The Labute approximate surface area is 58.6 Å². The first kappa shape index (κ1) is 7.49. The number of carbonyl (C=O) groups excluding carboxylic acids is 1. The van der Waals surface area contributed by atoms with E-state index in [-0.39, 0.29) is 12.2 Å². The van der Waals surface area contributed by atoms with Gasteiger partial charge in [-0.3, -0.25) is 4.79 Å². The molecule has 1 aliphatic rings. The zero-order valence-corrected chi connectivity index (χ0v) is 6.02. The number of sulfonamides is 1. The Kier molecular flexibility index (Phi) is 1.65. The third-order valence-corrected chi connectivity index (χ3v) is 2.76. The minimum Gasteiger partial charge on any atom is -0.368 e. The fraction of sp³-hybridized carbons (Fsp3) is 0.750. The van der Waals surface area contributed by atoms with Crippen LogP contribution >= 0.6 is 0 Å². The highest BCUT2D eigenvalue weighted by Gasteiger charge is 2.30. The van der Waals surface area contributed by atoms with Crippen molar-refractivity contribution in [2.45, 2.75) is 12.5 Å². The summed E-state index contributed by atoms with van der Waals surface area (Å²) in [5, 5.41) is 0. The van der Waals surface area contributed by atoms with Gasteiger partial charge in [0.2, 0.25) is 15.9 Å². The summed E-state index contributed by atoms with van der Waals surface area (Å²) in [5.41, 5.74) is 4.85. The molecule has 0 spiro atoms. The zero-order valence-electron chi connectivity index (χ0n) is 5.20. The molecule has 1 fully saturated rings. The Morgan fingerprint density at radius 2 is 2.20 bits per heavy atom. The number of amides is 1. The molecule has 0 aromatic carbocycles. The van der Waals surface area contributed by atoms with Crippen LogP contribution in [0.3, 0.4) is 0 Å². The van der Waals surface area contributed by atoms with Crippen LogP contribution in [0.1, 0.15) is 6.42 Å². The molecule has 0 saturated carbocycles. The molecule has 1 amide bonds. The van der Waals surface area contributed by atoms with Crippen molar-refractivity contribution in [2.24, 2.45) is 5.73 Å². The molecule has 1 saturated heterocycles. The predicted octanol–water partition coefficient (Wildman–Crippen LogP) is -1.84. The second-order valence-corrected chi connectivity index (χ2v) is 4.05. The number of rotatable bonds is 1. The van der Waals surface area contributed by atoms with Crippen LogP contribution in [0.2, 0.25) is 0 Å². The number of hydrogen-bond acceptors (Lipinski definition) is 3. The number of carbonyl (C=O) groups is 1. The highest BCUT2D eigenvalue weighted by molar-refractivity contribution is 7.89. The van der Waals surface area contributed by atoms with Gasteiger partial charge in [-0.25, -0.2) is 13.1 Å². The molecule has 1 aliphatic heterocycles. The lowest BCUT2D eigenvalue weighted by molar-refractivity contribution is -0.119. The highest BCUT2D eigenvalue weighted by Crippen LogP contribution is 2.05. The maximum absolute atomic E-state index is 10.6. The van der Waals surface area contributed by atoms with Gasteiger partial charge in [-0.1, -0.05) is 0 Å². The van der Waals surface area contributed by atoms with Crippen LogP contribution in [0.25, 0.3) is 0 Å². The standard InChI is InChI=1S/C4H8N2O3S/c5-4(7)3-1-2-10(8,9)6-3/h3,6H,1-2H2,(H2,5,7). The molecule has 6 heteroatoms. The van der Waals surface area contributed by atoms with Crippen LogP contribution in [0.15, 0.2) is 0 Å². The first-order chi connectivity index (χ1) is 4.51. The van der Waals surface area contributed by atoms with E-state index in [2.05, 4.69) is 4.72 Å². The third kappa shape index (κ3) is 1.45. The molecule has 0 bridgehead atoms. The van der Waals surface area contributed by atoms with Crippen molar-refractivity contribution in [1.82, 2.24) is 4.72 Å². The van der Waals surface area contributed by atoms with Crippen LogP contribution in [0.4, 0.5) is 0 Å². The molecule has 5 nitrogen and oxygen atoms in total. The minimum atomic E-state index is -3.19. The molecule has 1 rings (SSSR count). The fourth-order valence-electron chi connectivity index (χ4n) is 0.808. The highest BCUT2D eigenvalue weighted by atomic mass is 32.2. The smallest absolute Gasteiger partial charge is 0.235 e. The van der Waals surface area contributed by atoms with E-state index in [1.54, 1.807) is 0 Å². The molecule has 3 N–H and O–H groups in total. The lowest BCUT2D eigenvalue weighted by Crippen LogP contribution is -2.37.